The third-order valence-electron chi connectivity index (χ3n) is 3.04. The van der Waals surface area contributed by atoms with E-state index < -0.39 is 0 Å². The summed E-state index contributed by atoms with van der Waals surface area (Å²) in [6, 6.07) is 6.60. The maximum atomic E-state index is 5.35. The van der Waals surface area contributed by atoms with Crippen molar-refractivity contribution in [1.29, 1.82) is 0 Å². The molecule has 0 aliphatic rings. The summed E-state index contributed by atoms with van der Waals surface area (Å²) in [6.45, 7) is 10.4. The van der Waals surface area contributed by atoms with Crippen LogP contribution in [0.1, 0.15) is 44.9 Å². The summed E-state index contributed by atoms with van der Waals surface area (Å²) in [4.78, 5) is 0. The molecule has 3 nitrogen and oxygen atoms in total. The molecule has 0 saturated heterocycles. The SMILES string of the molecule is COCc1cc(C(C)NCC(C)(C)C)ccc1OC. The second-order valence-corrected chi connectivity index (χ2v) is 6.17. The molecule has 0 bridgehead atoms. The third kappa shape index (κ3) is 5.21. The molecule has 3 heteroatoms. The molecule has 1 aromatic carbocycles. The molecule has 0 radical (unpaired) electrons. The van der Waals surface area contributed by atoms with Crippen molar-refractivity contribution in [2.45, 2.75) is 40.3 Å². The minimum atomic E-state index is 0.288. The van der Waals surface area contributed by atoms with E-state index in [2.05, 4.69) is 45.1 Å². The van der Waals surface area contributed by atoms with Crippen molar-refractivity contribution < 1.29 is 9.47 Å². The van der Waals surface area contributed by atoms with Crippen LogP contribution in [-0.2, 0) is 11.3 Å². The summed E-state index contributed by atoms with van der Waals surface area (Å²) in [7, 11) is 3.39. The summed E-state index contributed by atoms with van der Waals surface area (Å²) in [5, 5.41) is 3.56. The standard InChI is InChI=1S/C16H27NO2/c1-12(17-11-16(2,3)4)13-7-8-15(19-6)14(9-13)10-18-5/h7-9,12,17H,10-11H2,1-6H3. The number of nitrogens with one attached hydrogen (secondary N) is 1. The zero-order valence-corrected chi connectivity index (χ0v) is 13.0. The van der Waals surface area contributed by atoms with Crippen LogP contribution in [0.5, 0.6) is 5.75 Å². The normalized spacial score (nSPS) is 13.4. The van der Waals surface area contributed by atoms with Crippen LogP contribution in [0.15, 0.2) is 18.2 Å². The van der Waals surface area contributed by atoms with Crippen LogP contribution >= 0.6 is 0 Å². The molecule has 0 fully saturated rings. The van der Waals surface area contributed by atoms with E-state index in [-0.39, 0.29) is 5.41 Å². The van der Waals surface area contributed by atoms with Crippen molar-refractivity contribution in [3.63, 3.8) is 0 Å². The van der Waals surface area contributed by atoms with Gasteiger partial charge in [-0.2, -0.15) is 0 Å². The maximum absolute atomic E-state index is 5.35. The van der Waals surface area contributed by atoms with Crippen LogP contribution in [0.3, 0.4) is 0 Å². The minimum Gasteiger partial charge on any atom is -0.496 e. The molecular formula is C16H27NO2. The van der Waals surface area contributed by atoms with Gasteiger partial charge in [-0.25, -0.2) is 0 Å². The highest BCUT2D eigenvalue weighted by Crippen LogP contribution is 2.24. The number of hydrogen-bond donors (Lipinski definition) is 1. The molecule has 1 N–H and O–H groups in total. The average molecular weight is 265 g/mol. The van der Waals surface area contributed by atoms with E-state index >= 15 is 0 Å². The maximum Gasteiger partial charge on any atom is 0.124 e. The number of hydrogen-bond acceptors (Lipinski definition) is 3. The lowest BCUT2D eigenvalue weighted by atomic mass is 9.95. The van der Waals surface area contributed by atoms with Gasteiger partial charge in [-0.15, -0.1) is 0 Å². The Labute approximate surface area is 117 Å². The van der Waals surface area contributed by atoms with Crippen molar-refractivity contribution in [2.24, 2.45) is 5.41 Å². The van der Waals surface area contributed by atoms with Gasteiger partial charge >= 0.3 is 0 Å². The predicted octanol–water partition coefficient (Wildman–Crippen LogP) is 3.54. The first-order valence-corrected chi connectivity index (χ1v) is 6.76. The van der Waals surface area contributed by atoms with Gasteiger partial charge in [-0.05, 0) is 30.0 Å². The van der Waals surface area contributed by atoms with E-state index in [9.17, 15) is 0 Å². The molecule has 108 valence electrons. The molecule has 19 heavy (non-hydrogen) atoms. The first kappa shape index (κ1) is 16.0. The Balaban J connectivity index is 2.80. The highest BCUT2D eigenvalue weighted by Gasteiger charge is 2.14. The summed E-state index contributed by atoms with van der Waals surface area (Å²) in [5.74, 6) is 0.883. The molecule has 0 spiro atoms. The Bertz CT molecular complexity index is 396. The Kier molecular flexibility index (Phi) is 5.83. The molecule has 0 aliphatic heterocycles. The predicted molar refractivity (Wildman–Crippen MR) is 79.6 cm³/mol. The lowest BCUT2D eigenvalue weighted by Crippen LogP contribution is -2.29. The van der Waals surface area contributed by atoms with Crippen molar-refractivity contribution >= 4 is 0 Å². The van der Waals surface area contributed by atoms with Gasteiger partial charge < -0.3 is 14.8 Å². The van der Waals surface area contributed by atoms with Crippen LogP contribution in [0.2, 0.25) is 0 Å². The molecule has 0 amide bonds. The minimum absolute atomic E-state index is 0.288. The van der Waals surface area contributed by atoms with Gasteiger partial charge in [0.05, 0.1) is 13.7 Å². The van der Waals surface area contributed by atoms with Crippen LogP contribution in [-0.4, -0.2) is 20.8 Å². The van der Waals surface area contributed by atoms with Gasteiger partial charge in [0.15, 0.2) is 0 Å². The fourth-order valence-corrected chi connectivity index (χ4v) is 1.91. The Hall–Kier alpha value is -1.06. The quantitative estimate of drug-likeness (QED) is 0.853. The first-order chi connectivity index (χ1) is 8.87. The fourth-order valence-electron chi connectivity index (χ4n) is 1.91. The number of rotatable bonds is 6. The van der Waals surface area contributed by atoms with E-state index in [4.69, 9.17) is 9.47 Å². The number of benzene rings is 1. The summed E-state index contributed by atoms with van der Waals surface area (Å²) in [6.07, 6.45) is 0. The molecule has 1 unspecified atom stereocenters. The van der Waals surface area contributed by atoms with Gasteiger partial charge in [-0.1, -0.05) is 26.8 Å². The topological polar surface area (TPSA) is 30.5 Å². The summed E-state index contributed by atoms with van der Waals surface area (Å²) >= 11 is 0. The first-order valence-electron chi connectivity index (χ1n) is 6.76. The highest BCUT2D eigenvalue weighted by molar-refractivity contribution is 5.38. The van der Waals surface area contributed by atoms with Crippen LogP contribution in [0, 0.1) is 5.41 Å². The van der Waals surface area contributed by atoms with Gasteiger partial charge in [0.25, 0.3) is 0 Å². The van der Waals surface area contributed by atoms with Crippen molar-refractivity contribution in [1.82, 2.24) is 5.32 Å². The van der Waals surface area contributed by atoms with E-state index in [1.165, 1.54) is 5.56 Å². The lowest BCUT2D eigenvalue weighted by Gasteiger charge is -2.23. The largest absolute Gasteiger partial charge is 0.496 e. The third-order valence-corrected chi connectivity index (χ3v) is 3.04. The van der Waals surface area contributed by atoms with Crippen LogP contribution in [0.25, 0.3) is 0 Å². The van der Waals surface area contributed by atoms with E-state index in [1.54, 1.807) is 14.2 Å². The second kappa shape index (κ2) is 6.92. The molecule has 0 aromatic heterocycles. The van der Waals surface area contributed by atoms with Crippen molar-refractivity contribution in [3.8, 4) is 5.75 Å². The van der Waals surface area contributed by atoms with Gasteiger partial charge in [0.1, 0.15) is 5.75 Å². The monoisotopic (exact) mass is 265 g/mol. The number of ether oxygens (including phenoxy) is 2. The van der Waals surface area contributed by atoms with Crippen LogP contribution in [0.4, 0.5) is 0 Å². The zero-order chi connectivity index (χ0) is 14.5. The van der Waals surface area contributed by atoms with E-state index in [0.717, 1.165) is 17.9 Å². The summed E-state index contributed by atoms with van der Waals surface area (Å²) in [5.41, 5.74) is 2.64. The van der Waals surface area contributed by atoms with Gasteiger partial charge in [-0.3, -0.25) is 0 Å². The van der Waals surface area contributed by atoms with Gasteiger partial charge in [0.2, 0.25) is 0 Å². The smallest absolute Gasteiger partial charge is 0.124 e. The molecule has 0 aliphatic carbocycles. The molecule has 1 rings (SSSR count). The second-order valence-electron chi connectivity index (χ2n) is 6.17. The Morgan fingerprint density at radius 3 is 2.42 bits per heavy atom. The fraction of sp³-hybridized carbons (Fsp3) is 0.625. The zero-order valence-electron chi connectivity index (χ0n) is 13.0. The lowest BCUT2D eigenvalue weighted by molar-refractivity contribution is 0.181. The average Bonchev–Trinajstić information content (AvgIpc) is 2.35. The molecular weight excluding hydrogens is 238 g/mol. The van der Waals surface area contributed by atoms with E-state index in [0.29, 0.717) is 12.6 Å². The molecule has 1 atom stereocenters. The highest BCUT2D eigenvalue weighted by atomic mass is 16.5. The Morgan fingerprint density at radius 2 is 1.89 bits per heavy atom. The summed E-state index contributed by atoms with van der Waals surface area (Å²) < 4.78 is 10.6. The van der Waals surface area contributed by atoms with Crippen LogP contribution < -0.4 is 10.1 Å². The number of methoxy groups -OCH3 is 2. The van der Waals surface area contributed by atoms with Gasteiger partial charge in [0, 0.05) is 25.3 Å². The molecule has 0 saturated carbocycles. The van der Waals surface area contributed by atoms with Crippen molar-refractivity contribution in [3.05, 3.63) is 29.3 Å². The molecule has 1 aromatic rings. The molecule has 0 heterocycles. The van der Waals surface area contributed by atoms with E-state index in [1.807, 2.05) is 6.07 Å². The Morgan fingerprint density at radius 1 is 1.21 bits per heavy atom. The van der Waals surface area contributed by atoms with Crippen molar-refractivity contribution in [2.75, 3.05) is 20.8 Å².